The van der Waals surface area contributed by atoms with Crippen LogP contribution in [0.2, 0.25) is 5.02 Å². The molecule has 170 valence electrons. The number of carbonyl (C=O) groups excluding carboxylic acids is 1. The Morgan fingerprint density at radius 1 is 1.06 bits per heavy atom. The Kier molecular flexibility index (Phi) is 6.72. The molecule has 0 bridgehead atoms. The number of amides is 1. The molecule has 2 aliphatic rings. The summed E-state index contributed by atoms with van der Waals surface area (Å²) in [6.45, 7) is 2.42. The van der Waals surface area contributed by atoms with Crippen LogP contribution in [0.4, 0.5) is 0 Å². The van der Waals surface area contributed by atoms with Crippen LogP contribution in [-0.2, 0) is 4.79 Å². The number of carboxylic acids is 1. The molecule has 1 amide bonds. The number of likely N-dealkylation sites (tertiary alicyclic amines) is 2. The second-order valence-corrected chi connectivity index (χ2v) is 9.10. The first-order valence-electron chi connectivity index (χ1n) is 11.1. The van der Waals surface area contributed by atoms with Crippen molar-refractivity contribution in [2.24, 2.45) is 0 Å². The number of rotatable bonds is 5. The molecule has 2 aliphatic heterocycles. The third kappa shape index (κ3) is 4.34. The predicted molar refractivity (Wildman–Crippen MR) is 125 cm³/mol. The van der Waals surface area contributed by atoms with Gasteiger partial charge in [0.05, 0.1) is 7.11 Å². The SMILES string of the molecule is COc1cc(C(=O)N2CCCC2C(=O)O)cc(-c2ccccc2Cl)c1C1CCN(C)CC1. The van der Waals surface area contributed by atoms with E-state index in [1.165, 1.54) is 4.90 Å². The number of hydrogen-bond acceptors (Lipinski definition) is 4. The first-order chi connectivity index (χ1) is 15.4. The second-order valence-electron chi connectivity index (χ2n) is 8.69. The zero-order valence-electron chi connectivity index (χ0n) is 18.5. The largest absolute Gasteiger partial charge is 0.496 e. The van der Waals surface area contributed by atoms with Crippen molar-refractivity contribution in [3.63, 3.8) is 0 Å². The molecule has 0 saturated carbocycles. The minimum atomic E-state index is -0.961. The van der Waals surface area contributed by atoms with E-state index < -0.39 is 12.0 Å². The van der Waals surface area contributed by atoms with E-state index in [0.29, 0.717) is 35.7 Å². The fraction of sp³-hybridized carbons (Fsp3) is 0.440. The molecular weight excluding hydrogens is 428 g/mol. The number of carbonyl (C=O) groups is 2. The zero-order chi connectivity index (χ0) is 22.8. The van der Waals surface area contributed by atoms with E-state index in [4.69, 9.17) is 16.3 Å². The van der Waals surface area contributed by atoms with Crippen molar-refractivity contribution >= 4 is 23.5 Å². The van der Waals surface area contributed by atoms with Crippen LogP contribution in [0.3, 0.4) is 0 Å². The topological polar surface area (TPSA) is 70.1 Å². The lowest BCUT2D eigenvalue weighted by Gasteiger charge is -2.32. The van der Waals surface area contributed by atoms with Crippen LogP contribution >= 0.6 is 11.6 Å². The van der Waals surface area contributed by atoms with Gasteiger partial charge in [-0.3, -0.25) is 4.79 Å². The molecule has 7 heteroatoms. The van der Waals surface area contributed by atoms with Crippen LogP contribution in [-0.4, -0.2) is 66.6 Å². The first kappa shape index (κ1) is 22.6. The van der Waals surface area contributed by atoms with Gasteiger partial charge in [0.2, 0.25) is 0 Å². The normalized spacial score (nSPS) is 19.8. The van der Waals surface area contributed by atoms with Crippen LogP contribution in [0.1, 0.15) is 47.5 Å². The van der Waals surface area contributed by atoms with E-state index in [9.17, 15) is 14.7 Å². The summed E-state index contributed by atoms with van der Waals surface area (Å²) in [5.41, 5.74) is 3.24. The molecule has 2 fully saturated rings. The van der Waals surface area contributed by atoms with E-state index in [2.05, 4.69) is 11.9 Å². The lowest BCUT2D eigenvalue weighted by molar-refractivity contribution is -0.141. The Morgan fingerprint density at radius 3 is 2.44 bits per heavy atom. The Bertz CT molecular complexity index is 1020. The summed E-state index contributed by atoms with van der Waals surface area (Å²) in [6, 6.07) is 10.5. The molecule has 0 aromatic heterocycles. The van der Waals surface area contributed by atoms with Crippen molar-refractivity contribution < 1.29 is 19.4 Å². The smallest absolute Gasteiger partial charge is 0.326 e. The average Bonchev–Trinajstić information content (AvgIpc) is 3.29. The predicted octanol–water partition coefficient (Wildman–Crippen LogP) is 4.51. The van der Waals surface area contributed by atoms with Crippen LogP contribution in [0, 0.1) is 0 Å². The lowest BCUT2D eigenvalue weighted by Crippen LogP contribution is -2.40. The highest BCUT2D eigenvalue weighted by Crippen LogP contribution is 2.44. The van der Waals surface area contributed by atoms with Gasteiger partial charge in [0, 0.05) is 28.3 Å². The highest BCUT2D eigenvalue weighted by Gasteiger charge is 2.35. The Labute approximate surface area is 193 Å². The van der Waals surface area contributed by atoms with Crippen LogP contribution in [0.15, 0.2) is 36.4 Å². The van der Waals surface area contributed by atoms with Crippen molar-refractivity contribution in [1.29, 1.82) is 0 Å². The monoisotopic (exact) mass is 456 g/mol. The molecule has 6 nitrogen and oxygen atoms in total. The Hall–Kier alpha value is -2.57. The third-order valence-electron chi connectivity index (χ3n) is 6.70. The van der Waals surface area contributed by atoms with Crippen LogP contribution in [0.5, 0.6) is 5.75 Å². The average molecular weight is 457 g/mol. The van der Waals surface area contributed by atoms with Gasteiger partial charge in [-0.2, -0.15) is 0 Å². The standard InChI is InChI=1S/C25H29ClN2O4/c1-27-12-9-16(10-13-27)23-19(18-6-3-4-7-20(18)26)14-17(15-22(23)32-2)24(29)28-11-5-8-21(28)25(30)31/h3-4,6-7,14-16,21H,5,8-13H2,1-2H3,(H,30,31). The van der Waals surface area contributed by atoms with E-state index in [0.717, 1.165) is 42.6 Å². The summed E-state index contributed by atoms with van der Waals surface area (Å²) in [5, 5.41) is 10.2. The molecule has 2 saturated heterocycles. The molecule has 32 heavy (non-hydrogen) atoms. The van der Waals surface area contributed by atoms with Gasteiger partial charge >= 0.3 is 5.97 Å². The van der Waals surface area contributed by atoms with Gasteiger partial charge in [-0.25, -0.2) is 4.79 Å². The molecule has 0 radical (unpaired) electrons. The van der Waals surface area contributed by atoms with Crippen molar-refractivity contribution in [2.45, 2.75) is 37.6 Å². The zero-order valence-corrected chi connectivity index (χ0v) is 19.3. The molecule has 2 aromatic carbocycles. The number of nitrogens with zero attached hydrogens (tertiary/aromatic N) is 2. The quantitative estimate of drug-likeness (QED) is 0.716. The van der Waals surface area contributed by atoms with E-state index in [-0.39, 0.29) is 11.8 Å². The molecular formula is C25H29ClN2O4. The summed E-state index contributed by atoms with van der Waals surface area (Å²) in [5.74, 6) is -0.296. The minimum absolute atomic E-state index is 0.281. The summed E-state index contributed by atoms with van der Waals surface area (Å²) >= 11 is 6.59. The van der Waals surface area contributed by atoms with Crippen molar-refractivity contribution in [2.75, 3.05) is 33.8 Å². The Morgan fingerprint density at radius 2 is 1.78 bits per heavy atom. The number of ether oxygens (including phenoxy) is 1. The number of piperidine rings is 1. The van der Waals surface area contributed by atoms with Gasteiger partial charge in [0.15, 0.2) is 0 Å². The maximum absolute atomic E-state index is 13.4. The summed E-state index contributed by atoms with van der Waals surface area (Å²) in [7, 11) is 3.74. The molecule has 1 N–H and O–H groups in total. The fourth-order valence-corrected chi connectivity index (χ4v) is 5.21. The third-order valence-corrected chi connectivity index (χ3v) is 7.03. The van der Waals surface area contributed by atoms with Crippen molar-refractivity contribution in [3.8, 4) is 16.9 Å². The molecule has 1 unspecified atom stereocenters. The number of methoxy groups -OCH3 is 1. The van der Waals surface area contributed by atoms with Gasteiger partial charge in [-0.15, -0.1) is 0 Å². The number of benzene rings is 2. The van der Waals surface area contributed by atoms with E-state index in [1.54, 1.807) is 13.2 Å². The molecule has 4 rings (SSSR count). The minimum Gasteiger partial charge on any atom is -0.496 e. The summed E-state index contributed by atoms with van der Waals surface area (Å²) in [4.78, 5) is 28.8. The van der Waals surface area contributed by atoms with Gasteiger partial charge in [-0.05, 0) is 75.5 Å². The molecule has 0 spiro atoms. The van der Waals surface area contributed by atoms with Gasteiger partial charge in [0.1, 0.15) is 11.8 Å². The van der Waals surface area contributed by atoms with Gasteiger partial charge in [-0.1, -0.05) is 29.8 Å². The molecule has 0 aliphatic carbocycles. The van der Waals surface area contributed by atoms with E-state index >= 15 is 0 Å². The molecule has 2 aromatic rings. The van der Waals surface area contributed by atoms with Crippen LogP contribution in [0.25, 0.3) is 11.1 Å². The van der Waals surface area contributed by atoms with E-state index in [1.807, 2.05) is 30.3 Å². The maximum atomic E-state index is 13.4. The van der Waals surface area contributed by atoms with Crippen LogP contribution < -0.4 is 4.74 Å². The molecule has 2 heterocycles. The second kappa shape index (κ2) is 9.51. The highest BCUT2D eigenvalue weighted by molar-refractivity contribution is 6.33. The summed E-state index contributed by atoms with van der Waals surface area (Å²) in [6.07, 6.45) is 3.14. The van der Waals surface area contributed by atoms with Crippen molar-refractivity contribution in [3.05, 3.63) is 52.5 Å². The number of hydrogen-bond donors (Lipinski definition) is 1. The Balaban J connectivity index is 1.83. The first-order valence-corrected chi connectivity index (χ1v) is 11.5. The highest BCUT2D eigenvalue weighted by atomic mass is 35.5. The fourth-order valence-electron chi connectivity index (χ4n) is 4.97. The maximum Gasteiger partial charge on any atom is 0.326 e. The van der Waals surface area contributed by atoms with Crippen molar-refractivity contribution in [1.82, 2.24) is 9.80 Å². The van der Waals surface area contributed by atoms with Gasteiger partial charge in [0.25, 0.3) is 5.91 Å². The van der Waals surface area contributed by atoms with Gasteiger partial charge < -0.3 is 19.6 Å². The number of aliphatic carboxylic acids is 1. The number of carboxylic acid groups (broad SMARTS) is 1. The molecule has 1 atom stereocenters. The number of halogens is 1. The summed E-state index contributed by atoms with van der Waals surface area (Å²) < 4.78 is 5.81. The lowest BCUT2D eigenvalue weighted by atomic mass is 9.83.